The number of phenols is 1. The summed E-state index contributed by atoms with van der Waals surface area (Å²) in [5.41, 5.74) is 7.50. The monoisotopic (exact) mass is 688 g/mol. The van der Waals surface area contributed by atoms with Crippen molar-refractivity contribution in [1.29, 1.82) is 0 Å². The zero-order valence-electron chi connectivity index (χ0n) is 29.6. The van der Waals surface area contributed by atoms with E-state index in [1.54, 1.807) is 12.1 Å². The Morgan fingerprint density at radius 2 is 1.86 bits per heavy atom. The molecule has 10 heteroatoms. The van der Waals surface area contributed by atoms with Gasteiger partial charge in [-0.3, -0.25) is 4.79 Å². The van der Waals surface area contributed by atoms with Crippen LogP contribution in [0.3, 0.4) is 0 Å². The summed E-state index contributed by atoms with van der Waals surface area (Å²) < 4.78 is 11.7. The number of piperidine rings is 1. The first-order valence-electron chi connectivity index (χ1n) is 18.5. The Balaban J connectivity index is 0.935. The number of likely N-dealkylation sites (tertiary alicyclic amines) is 1. The molecule has 1 saturated carbocycles. The van der Waals surface area contributed by atoms with Crippen molar-refractivity contribution in [2.75, 3.05) is 52.5 Å². The van der Waals surface area contributed by atoms with E-state index in [0.29, 0.717) is 48.9 Å². The number of para-hydroxylation sites is 1. The van der Waals surface area contributed by atoms with Crippen molar-refractivity contribution >= 4 is 16.9 Å². The Bertz CT molecular complexity index is 1600. The number of H-pyrrole nitrogens is 1. The summed E-state index contributed by atoms with van der Waals surface area (Å²) in [6.45, 7) is 7.91. The Hall–Kier alpha value is -3.54. The summed E-state index contributed by atoms with van der Waals surface area (Å²) in [6, 6.07) is 15.6. The topological polar surface area (TPSA) is 150 Å². The van der Waals surface area contributed by atoms with Gasteiger partial charge in [0.05, 0.1) is 18.7 Å². The van der Waals surface area contributed by atoms with E-state index in [1.165, 1.54) is 11.6 Å². The molecule has 1 aliphatic heterocycles. The van der Waals surface area contributed by atoms with E-state index in [9.17, 15) is 19.8 Å². The lowest BCUT2D eigenvalue weighted by atomic mass is 9.73. The molecule has 0 bridgehead atoms. The number of phenolic OH excluding ortho intramolecular Hbond substituents is 1. The number of aromatic nitrogens is 1. The van der Waals surface area contributed by atoms with E-state index in [-0.39, 0.29) is 23.3 Å². The number of aliphatic hydroxyl groups is 1. The van der Waals surface area contributed by atoms with Crippen molar-refractivity contribution in [1.82, 2.24) is 15.2 Å². The summed E-state index contributed by atoms with van der Waals surface area (Å²) in [5, 5.41) is 26.0. The second kappa shape index (κ2) is 18.6. The van der Waals surface area contributed by atoms with Crippen LogP contribution in [0.5, 0.6) is 5.75 Å². The van der Waals surface area contributed by atoms with Crippen LogP contribution >= 0.6 is 0 Å². The summed E-state index contributed by atoms with van der Waals surface area (Å²) >= 11 is 0. The maximum atomic E-state index is 13.4. The largest absolute Gasteiger partial charge is 0.506 e. The number of nitrogens with one attached hydrogen (secondary N) is 2. The van der Waals surface area contributed by atoms with Gasteiger partial charge >= 0.3 is 5.97 Å². The zero-order chi connectivity index (χ0) is 35.3. The SMILES string of the molecule is C/C(=C\CCN1CCC(COC(=O)C(O)(c2ccccc2)C2CCCCC2)CC1)COCCCNC[C@H](N)c1cc(=O)[nH]c2c(O)cccc12. The summed E-state index contributed by atoms with van der Waals surface area (Å²) in [4.78, 5) is 30.7. The molecule has 50 heavy (non-hydrogen) atoms. The number of fused-ring (bicyclic) bond motifs is 1. The number of nitrogens with zero attached hydrogens (tertiary/aromatic N) is 1. The lowest BCUT2D eigenvalue weighted by molar-refractivity contribution is -0.177. The molecule has 1 aliphatic carbocycles. The Morgan fingerprint density at radius 3 is 2.62 bits per heavy atom. The molecule has 1 aromatic heterocycles. The van der Waals surface area contributed by atoms with Gasteiger partial charge in [-0.1, -0.05) is 73.4 Å². The number of nitrogens with two attached hydrogens (primary N) is 1. The lowest BCUT2D eigenvalue weighted by Gasteiger charge is -2.37. The third kappa shape index (κ3) is 10.0. The number of rotatable bonds is 17. The molecular weight excluding hydrogens is 632 g/mol. The maximum Gasteiger partial charge on any atom is 0.343 e. The number of hydrogen-bond acceptors (Lipinski definition) is 9. The van der Waals surface area contributed by atoms with Gasteiger partial charge in [0.1, 0.15) is 5.75 Å². The minimum absolute atomic E-state index is 0.0315. The van der Waals surface area contributed by atoms with Gasteiger partial charge in [0, 0.05) is 43.1 Å². The number of carbonyl (C=O) groups excluding carboxylic acids is 1. The molecule has 0 amide bonds. The van der Waals surface area contributed by atoms with Gasteiger partial charge in [-0.15, -0.1) is 0 Å². The fourth-order valence-electron chi connectivity index (χ4n) is 7.46. The Labute approximate surface area is 296 Å². The van der Waals surface area contributed by atoms with Crippen molar-refractivity contribution in [3.8, 4) is 5.75 Å². The third-order valence-electron chi connectivity index (χ3n) is 10.4. The third-order valence-corrected chi connectivity index (χ3v) is 10.4. The van der Waals surface area contributed by atoms with Gasteiger partial charge in [0.25, 0.3) is 0 Å². The number of benzene rings is 2. The van der Waals surface area contributed by atoms with Crippen molar-refractivity contribution in [3.05, 3.63) is 87.7 Å². The minimum Gasteiger partial charge on any atom is -0.506 e. The van der Waals surface area contributed by atoms with E-state index in [2.05, 4.69) is 28.2 Å². The number of aromatic hydroxyl groups is 1. The molecule has 0 radical (unpaired) electrons. The van der Waals surface area contributed by atoms with Crippen LogP contribution in [0.2, 0.25) is 0 Å². The van der Waals surface area contributed by atoms with Crippen molar-refractivity contribution in [2.24, 2.45) is 17.6 Å². The van der Waals surface area contributed by atoms with E-state index in [4.69, 9.17) is 15.2 Å². The van der Waals surface area contributed by atoms with E-state index >= 15 is 0 Å². The van der Waals surface area contributed by atoms with Gasteiger partial charge in [-0.2, -0.15) is 0 Å². The first-order valence-corrected chi connectivity index (χ1v) is 18.5. The highest BCUT2D eigenvalue weighted by atomic mass is 16.5. The molecule has 2 aromatic carbocycles. The van der Waals surface area contributed by atoms with Crippen LogP contribution in [-0.4, -0.2) is 78.6 Å². The van der Waals surface area contributed by atoms with Gasteiger partial charge in [0.15, 0.2) is 5.60 Å². The van der Waals surface area contributed by atoms with Crippen LogP contribution in [-0.2, 0) is 19.9 Å². The summed E-state index contributed by atoms with van der Waals surface area (Å²) in [6.07, 6.45) is 10.9. The standard InChI is InChI=1S/C40H56N4O6/c1-29(27-49-24-10-20-42-26-35(41)34-25-37(46)43-38-33(34)16-8-17-36(38)45)11-9-21-44-22-18-30(19-23-44)28-50-39(47)40(48,31-12-4-2-5-13-31)32-14-6-3-7-15-32/h2,4-5,8,11-13,16-17,25,30,32,35,42,45,48H,3,6-7,9-10,14-15,18-24,26-28,41H2,1H3,(H,43,46)/b29-11+/t35-,40?/m0/s1. The highest BCUT2D eigenvalue weighted by molar-refractivity contribution is 5.87. The van der Waals surface area contributed by atoms with Gasteiger partial charge in [0.2, 0.25) is 5.56 Å². The summed E-state index contributed by atoms with van der Waals surface area (Å²) in [5.74, 6) is -0.241. The first kappa shape index (κ1) is 37.7. The average Bonchev–Trinajstić information content (AvgIpc) is 3.14. The van der Waals surface area contributed by atoms with Crippen LogP contribution in [0, 0.1) is 11.8 Å². The quantitative estimate of drug-likeness (QED) is 0.0725. The molecule has 1 unspecified atom stereocenters. The van der Waals surface area contributed by atoms with Crippen LogP contribution in [0.4, 0.5) is 0 Å². The molecule has 1 saturated heterocycles. The minimum atomic E-state index is -1.57. The first-order chi connectivity index (χ1) is 24.3. The number of pyridine rings is 1. The molecule has 272 valence electrons. The van der Waals surface area contributed by atoms with Gasteiger partial charge < -0.3 is 40.6 Å². The lowest BCUT2D eigenvalue weighted by Crippen LogP contribution is -2.46. The van der Waals surface area contributed by atoms with Crippen LogP contribution in [0.1, 0.15) is 81.9 Å². The van der Waals surface area contributed by atoms with Gasteiger partial charge in [-0.25, -0.2) is 4.79 Å². The second-order valence-electron chi connectivity index (χ2n) is 14.2. The van der Waals surface area contributed by atoms with Crippen LogP contribution in [0.25, 0.3) is 10.9 Å². The predicted molar refractivity (Wildman–Crippen MR) is 197 cm³/mol. The molecule has 2 fully saturated rings. The number of hydrogen-bond donors (Lipinski definition) is 5. The normalized spacial score (nSPS) is 18.6. The highest BCUT2D eigenvalue weighted by Gasteiger charge is 2.47. The van der Waals surface area contributed by atoms with Crippen molar-refractivity contribution in [2.45, 2.75) is 76.4 Å². The fourth-order valence-corrected chi connectivity index (χ4v) is 7.46. The number of carbonyl (C=O) groups is 1. The van der Waals surface area contributed by atoms with Crippen LogP contribution < -0.4 is 16.6 Å². The maximum absolute atomic E-state index is 13.4. The Morgan fingerprint density at radius 1 is 1.10 bits per heavy atom. The zero-order valence-corrected chi connectivity index (χ0v) is 29.6. The van der Waals surface area contributed by atoms with Crippen molar-refractivity contribution < 1.29 is 24.5 Å². The molecular formula is C40H56N4O6. The van der Waals surface area contributed by atoms with E-state index in [1.807, 2.05) is 36.4 Å². The number of aromatic amines is 1. The highest BCUT2D eigenvalue weighted by Crippen LogP contribution is 2.40. The molecule has 3 aromatic rings. The molecule has 2 atom stereocenters. The van der Waals surface area contributed by atoms with Crippen LogP contribution in [0.15, 0.2) is 71.0 Å². The Kier molecular flexibility index (Phi) is 14.0. The van der Waals surface area contributed by atoms with E-state index < -0.39 is 11.6 Å². The molecule has 6 N–H and O–H groups in total. The smallest absolute Gasteiger partial charge is 0.343 e. The summed E-state index contributed by atoms with van der Waals surface area (Å²) in [7, 11) is 0. The predicted octanol–water partition coefficient (Wildman–Crippen LogP) is 5.29. The average molecular weight is 689 g/mol. The fraction of sp³-hybridized carbons (Fsp3) is 0.550. The second-order valence-corrected chi connectivity index (χ2v) is 14.2. The van der Waals surface area contributed by atoms with E-state index in [0.717, 1.165) is 89.4 Å². The molecule has 0 spiro atoms. The molecule has 10 nitrogen and oxygen atoms in total. The van der Waals surface area contributed by atoms with Gasteiger partial charge in [-0.05, 0) is 88.2 Å². The number of ether oxygens (including phenoxy) is 2. The molecule has 2 heterocycles. The van der Waals surface area contributed by atoms with Crippen molar-refractivity contribution in [3.63, 3.8) is 0 Å². The number of esters is 1. The molecule has 2 aliphatic rings. The molecule has 5 rings (SSSR count).